The van der Waals surface area contributed by atoms with E-state index >= 15 is 0 Å². The summed E-state index contributed by atoms with van der Waals surface area (Å²) in [5.41, 5.74) is 1.18. The molecule has 0 fully saturated rings. The van der Waals surface area contributed by atoms with Crippen molar-refractivity contribution in [3.05, 3.63) is 71.8 Å². The number of ether oxygens (including phenoxy) is 1. The molecule has 28 heavy (non-hydrogen) atoms. The van der Waals surface area contributed by atoms with E-state index in [1.54, 1.807) is 11.8 Å². The molecular formula is C23H28N2O3. The quantitative estimate of drug-likeness (QED) is 0.518. The topological polar surface area (TPSA) is 59.0 Å². The zero-order chi connectivity index (χ0) is 20.6. The number of hydrogen-bond donors (Lipinski definition) is 0. The van der Waals surface area contributed by atoms with Crippen molar-refractivity contribution in [2.75, 3.05) is 20.2 Å². The van der Waals surface area contributed by atoms with Gasteiger partial charge in [0, 0.05) is 24.2 Å². The molecule has 0 bridgehead atoms. The fraction of sp³-hybridized carbons (Fsp3) is 0.348. The van der Waals surface area contributed by atoms with Crippen LogP contribution in [0, 0.1) is 0 Å². The SMILES string of the molecule is CCN(CC)C(=O)C(C)(CC(=O)OC)N=C(c1ccccc1)c1ccccc1. The van der Waals surface area contributed by atoms with Crippen molar-refractivity contribution < 1.29 is 14.3 Å². The van der Waals surface area contributed by atoms with Gasteiger partial charge in [0.1, 0.15) is 5.54 Å². The molecule has 0 saturated carbocycles. The maximum Gasteiger partial charge on any atom is 0.308 e. The summed E-state index contributed by atoms with van der Waals surface area (Å²) in [5.74, 6) is -0.653. The minimum absolute atomic E-state index is 0.123. The van der Waals surface area contributed by atoms with Gasteiger partial charge in [0.25, 0.3) is 5.91 Å². The minimum atomic E-state index is -1.26. The first-order valence-corrected chi connectivity index (χ1v) is 9.52. The number of hydrogen-bond acceptors (Lipinski definition) is 4. The normalized spacial score (nSPS) is 12.6. The molecule has 0 aromatic heterocycles. The van der Waals surface area contributed by atoms with Gasteiger partial charge in [0.15, 0.2) is 0 Å². The van der Waals surface area contributed by atoms with Crippen molar-refractivity contribution in [3.8, 4) is 0 Å². The smallest absolute Gasteiger partial charge is 0.308 e. The molecule has 5 nitrogen and oxygen atoms in total. The molecule has 0 spiro atoms. The highest BCUT2D eigenvalue weighted by molar-refractivity contribution is 6.14. The zero-order valence-electron chi connectivity index (χ0n) is 17.0. The summed E-state index contributed by atoms with van der Waals surface area (Å²) in [5, 5.41) is 0. The van der Waals surface area contributed by atoms with Gasteiger partial charge in [0.05, 0.1) is 19.2 Å². The molecule has 0 aliphatic carbocycles. The summed E-state index contributed by atoms with van der Waals surface area (Å²) in [6.07, 6.45) is -0.123. The van der Waals surface area contributed by atoms with Gasteiger partial charge in [-0.05, 0) is 20.8 Å². The van der Waals surface area contributed by atoms with Crippen LogP contribution in [0.2, 0.25) is 0 Å². The molecule has 2 rings (SSSR count). The Morgan fingerprint density at radius 3 is 1.79 bits per heavy atom. The lowest BCUT2D eigenvalue weighted by molar-refractivity contribution is -0.147. The van der Waals surface area contributed by atoms with Crippen LogP contribution in [-0.4, -0.2) is 48.2 Å². The second-order valence-corrected chi connectivity index (χ2v) is 6.70. The van der Waals surface area contributed by atoms with E-state index in [1.807, 2.05) is 74.5 Å². The third-order valence-electron chi connectivity index (χ3n) is 4.68. The number of likely N-dealkylation sites (N-methyl/N-ethyl adjacent to an activating group) is 1. The molecule has 2 aromatic carbocycles. The number of amides is 1. The van der Waals surface area contributed by atoms with E-state index < -0.39 is 11.5 Å². The highest BCUT2D eigenvalue weighted by Gasteiger charge is 2.39. The summed E-state index contributed by atoms with van der Waals surface area (Å²) in [4.78, 5) is 32.0. The van der Waals surface area contributed by atoms with E-state index in [4.69, 9.17) is 9.73 Å². The van der Waals surface area contributed by atoms with Crippen molar-refractivity contribution in [1.82, 2.24) is 4.90 Å². The second-order valence-electron chi connectivity index (χ2n) is 6.70. The van der Waals surface area contributed by atoms with Crippen LogP contribution >= 0.6 is 0 Å². The van der Waals surface area contributed by atoms with Crippen LogP contribution in [0.1, 0.15) is 38.3 Å². The Morgan fingerprint density at radius 1 is 0.929 bits per heavy atom. The van der Waals surface area contributed by atoms with Gasteiger partial charge in [-0.2, -0.15) is 0 Å². The van der Waals surface area contributed by atoms with Crippen LogP contribution in [-0.2, 0) is 14.3 Å². The Bertz CT molecular complexity index is 773. The molecule has 0 N–H and O–H groups in total. The van der Waals surface area contributed by atoms with E-state index in [1.165, 1.54) is 7.11 Å². The largest absolute Gasteiger partial charge is 0.469 e. The first-order valence-electron chi connectivity index (χ1n) is 9.52. The summed E-state index contributed by atoms with van der Waals surface area (Å²) in [6.45, 7) is 6.63. The van der Waals surface area contributed by atoms with Crippen LogP contribution in [0.25, 0.3) is 0 Å². The maximum absolute atomic E-state index is 13.3. The molecule has 1 unspecified atom stereocenters. The number of rotatable bonds is 8. The third kappa shape index (κ3) is 5.06. The molecule has 0 saturated heterocycles. The Hall–Kier alpha value is -2.95. The predicted molar refractivity (Wildman–Crippen MR) is 111 cm³/mol. The first-order chi connectivity index (χ1) is 13.4. The predicted octanol–water partition coefficient (Wildman–Crippen LogP) is 3.71. The molecule has 2 aromatic rings. The number of carbonyl (C=O) groups is 2. The van der Waals surface area contributed by atoms with Crippen LogP contribution in [0.5, 0.6) is 0 Å². The van der Waals surface area contributed by atoms with Crippen molar-refractivity contribution in [2.45, 2.75) is 32.7 Å². The van der Waals surface area contributed by atoms with E-state index in [2.05, 4.69) is 0 Å². The van der Waals surface area contributed by atoms with Crippen LogP contribution in [0.4, 0.5) is 0 Å². The molecule has 0 radical (unpaired) electrons. The van der Waals surface area contributed by atoms with Crippen LogP contribution in [0.3, 0.4) is 0 Å². The van der Waals surface area contributed by atoms with Crippen molar-refractivity contribution in [2.24, 2.45) is 4.99 Å². The number of nitrogens with zero attached hydrogens (tertiary/aromatic N) is 2. The van der Waals surface area contributed by atoms with E-state index in [9.17, 15) is 9.59 Å². The van der Waals surface area contributed by atoms with E-state index in [0.717, 1.165) is 11.1 Å². The van der Waals surface area contributed by atoms with Gasteiger partial charge in [-0.3, -0.25) is 14.6 Å². The average molecular weight is 380 g/mol. The van der Waals surface area contributed by atoms with Crippen molar-refractivity contribution in [3.63, 3.8) is 0 Å². The number of esters is 1. The van der Waals surface area contributed by atoms with Gasteiger partial charge < -0.3 is 9.64 Å². The highest BCUT2D eigenvalue weighted by atomic mass is 16.5. The second kappa shape index (κ2) is 9.83. The van der Waals surface area contributed by atoms with Crippen LogP contribution in [0.15, 0.2) is 65.7 Å². The fourth-order valence-electron chi connectivity index (χ4n) is 3.10. The van der Waals surface area contributed by atoms with Crippen molar-refractivity contribution in [1.29, 1.82) is 0 Å². The number of benzene rings is 2. The van der Waals surface area contributed by atoms with Gasteiger partial charge in [0.2, 0.25) is 0 Å². The molecule has 0 heterocycles. The summed E-state index contributed by atoms with van der Waals surface area (Å²) < 4.78 is 4.86. The minimum Gasteiger partial charge on any atom is -0.469 e. The number of methoxy groups -OCH3 is 1. The molecule has 1 atom stereocenters. The lowest BCUT2D eigenvalue weighted by Crippen LogP contribution is -2.48. The van der Waals surface area contributed by atoms with E-state index in [0.29, 0.717) is 18.8 Å². The Balaban J connectivity index is 2.64. The van der Waals surface area contributed by atoms with Gasteiger partial charge >= 0.3 is 5.97 Å². The monoisotopic (exact) mass is 380 g/mol. The van der Waals surface area contributed by atoms with E-state index in [-0.39, 0.29) is 12.3 Å². The number of carbonyl (C=O) groups excluding carboxylic acids is 2. The van der Waals surface area contributed by atoms with Gasteiger partial charge in [-0.25, -0.2) is 0 Å². The Labute approximate surface area is 167 Å². The van der Waals surface area contributed by atoms with Gasteiger partial charge in [-0.15, -0.1) is 0 Å². The summed E-state index contributed by atoms with van der Waals surface area (Å²) >= 11 is 0. The average Bonchev–Trinajstić information content (AvgIpc) is 2.74. The lowest BCUT2D eigenvalue weighted by Gasteiger charge is -2.31. The molecule has 0 aliphatic rings. The first kappa shape index (κ1) is 21.4. The van der Waals surface area contributed by atoms with Gasteiger partial charge in [-0.1, -0.05) is 60.7 Å². The molecule has 0 aliphatic heterocycles. The standard InChI is InChI=1S/C23H28N2O3/c1-5-25(6-2)22(27)23(3,17-20(26)28-4)24-21(18-13-9-7-10-14-18)19-15-11-8-12-16-19/h7-16H,5-6,17H2,1-4H3. The molecule has 1 amide bonds. The van der Waals surface area contributed by atoms with Crippen LogP contribution < -0.4 is 0 Å². The maximum atomic E-state index is 13.3. The molecular weight excluding hydrogens is 352 g/mol. The fourth-order valence-corrected chi connectivity index (χ4v) is 3.10. The van der Waals surface area contributed by atoms with Crippen molar-refractivity contribution >= 4 is 17.6 Å². The summed E-state index contributed by atoms with van der Waals surface area (Å²) in [7, 11) is 1.32. The third-order valence-corrected chi connectivity index (χ3v) is 4.68. The Morgan fingerprint density at radius 2 is 1.39 bits per heavy atom. The highest BCUT2D eigenvalue weighted by Crippen LogP contribution is 2.24. The lowest BCUT2D eigenvalue weighted by atomic mass is 9.94. The summed E-state index contributed by atoms with van der Waals surface area (Å²) in [6, 6.07) is 19.4. The molecule has 5 heteroatoms. The zero-order valence-corrected chi connectivity index (χ0v) is 17.0. The Kier molecular flexibility index (Phi) is 7.50. The number of aliphatic imine (C=N–C) groups is 1. The molecule has 148 valence electrons.